The molecule has 0 unspecified atom stereocenters. The third-order valence-corrected chi connectivity index (χ3v) is 3.10. The predicted molar refractivity (Wildman–Crippen MR) is 80.3 cm³/mol. The molecule has 114 valence electrons. The van der Waals surface area contributed by atoms with Crippen LogP contribution in [0.25, 0.3) is 0 Å². The Morgan fingerprint density at radius 1 is 1.23 bits per heavy atom. The van der Waals surface area contributed by atoms with Gasteiger partial charge in [-0.05, 0) is 48.4 Å². The molecule has 0 fully saturated rings. The van der Waals surface area contributed by atoms with E-state index < -0.39 is 0 Å². The summed E-state index contributed by atoms with van der Waals surface area (Å²) in [5.74, 6) is -0.0306. The monoisotopic (exact) mass is 301 g/mol. The van der Waals surface area contributed by atoms with Gasteiger partial charge in [-0.15, -0.1) is 0 Å². The van der Waals surface area contributed by atoms with Gasteiger partial charge in [-0.2, -0.15) is 0 Å². The Hall–Kier alpha value is -2.69. The lowest BCUT2D eigenvalue weighted by atomic mass is 10.1. The van der Waals surface area contributed by atoms with Crippen LogP contribution >= 0.6 is 0 Å². The minimum absolute atomic E-state index is 0.124. The molecule has 0 atom stereocenters. The van der Waals surface area contributed by atoms with Crippen LogP contribution in [0, 0.1) is 12.7 Å². The van der Waals surface area contributed by atoms with Crippen molar-refractivity contribution in [2.45, 2.75) is 13.5 Å². The van der Waals surface area contributed by atoms with E-state index in [4.69, 9.17) is 4.74 Å². The zero-order valence-corrected chi connectivity index (χ0v) is 12.1. The number of halogens is 1. The molecule has 0 aliphatic rings. The summed E-state index contributed by atoms with van der Waals surface area (Å²) in [6.07, 6.45) is 0.737. The molecule has 5 heteroatoms. The van der Waals surface area contributed by atoms with E-state index in [-0.39, 0.29) is 18.3 Å². The van der Waals surface area contributed by atoms with Gasteiger partial charge in [0.05, 0.1) is 0 Å². The van der Waals surface area contributed by atoms with E-state index >= 15 is 0 Å². The van der Waals surface area contributed by atoms with Crippen LogP contribution in [-0.2, 0) is 11.3 Å². The summed E-state index contributed by atoms with van der Waals surface area (Å²) in [6, 6.07) is 11.2. The van der Waals surface area contributed by atoms with Gasteiger partial charge < -0.3 is 10.1 Å². The lowest BCUT2D eigenvalue weighted by Gasteiger charge is -2.08. The van der Waals surface area contributed by atoms with Crippen LogP contribution in [0.3, 0.4) is 0 Å². The lowest BCUT2D eigenvalue weighted by molar-refractivity contribution is -0.123. The van der Waals surface area contributed by atoms with Gasteiger partial charge in [0.25, 0.3) is 5.91 Å². The number of nitrogens with one attached hydrogen (secondary N) is 1. The summed E-state index contributed by atoms with van der Waals surface area (Å²) >= 11 is 0. The Morgan fingerprint density at radius 3 is 2.59 bits per heavy atom. The van der Waals surface area contributed by atoms with Crippen molar-refractivity contribution in [3.8, 4) is 5.75 Å². The van der Waals surface area contributed by atoms with Crippen LogP contribution < -0.4 is 10.1 Å². The fourth-order valence-corrected chi connectivity index (χ4v) is 1.86. The fraction of sp³-hybridized carbons (Fsp3) is 0.176. The maximum Gasteiger partial charge on any atom is 0.258 e. The van der Waals surface area contributed by atoms with Crippen molar-refractivity contribution in [1.29, 1.82) is 0 Å². The minimum Gasteiger partial charge on any atom is -0.484 e. The first kappa shape index (κ1) is 15.7. The standard InChI is InChI=1S/C17H16FNO3/c1-12-8-14(4-7-16(12)18)9-19-17(21)11-22-15-5-2-13(10-20)3-6-15/h2-8,10H,9,11H2,1H3,(H,19,21). The number of hydrogen-bond acceptors (Lipinski definition) is 3. The summed E-state index contributed by atoms with van der Waals surface area (Å²) < 4.78 is 18.4. The Kier molecular flexibility index (Phi) is 5.25. The number of hydrogen-bond donors (Lipinski definition) is 1. The summed E-state index contributed by atoms with van der Waals surface area (Å²) in [7, 11) is 0. The number of aldehydes is 1. The van der Waals surface area contributed by atoms with Gasteiger partial charge in [0, 0.05) is 12.1 Å². The lowest BCUT2D eigenvalue weighted by Crippen LogP contribution is -2.28. The van der Waals surface area contributed by atoms with Crippen molar-refractivity contribution in [2.75, 3.05) is 6.61 Å². The molecule has 0 aliphatic carbocycles. The van der Waals surface area contributed by atoms with Crippen LogP contribution in [0.2, 0.25) is 0 Å². The molecule has 4 nitrogen and oxygen atoms in total. The van der Waals surface area contributed by atoms with Gasteiger partial charge in [-0.25, -0.2) is 4.39 Å². The van der Waals surface area contributed by atoms with E-state index in [1.54, 1.807) is 43.3 Å². The molecule has 1 N–H and O–H groups in total. The highest BCUT2D eigenvalue weighted by Crippen LogP contribution is 2.11. The number of benzene rings is 2. The van der Waals surface area contributed by atoms with Gasteiger partial charge in [0.2, 0.25) is 0 Å². The zero-order chi connectivity index (χ0) is 15.9. The SMILES string of the molecule is Cc1cc(CNC(=O)COc2ccc(C=O)cc2)ccc1F. The first-order chi connectivity index (χ1) is 10.6. The van der Waals surface area contributed by atoms with Crippen LogP contribution in [0.15, 0.2) is 42.5 Å². The topological polar surface area (TPSA) is 55.4 Å². The third-order valence-electron chi connectivity index (χ3n) is 3.10. The molecular formula is C17H16FNO3. The largest absolute Gasteiger partial charge is 0.484 e. The summed E-state index contributed by atoms with van der Waals surface area (Å²) in [4.78, 5) is 22.2. The second kappa shape index (κ2) is 7.36. The van der Waals surface area contributed by atoms with Gasteiger partial charge in [0.1, 0.15) is 17.9 Å². The molecule has 22 heavy (non-hydrogen) atoms. The van der Waals surface area contributed by atoms with Crippen molar-refractivity contribution >= 4 is 12.2 Å². The Morgan fingerprint density at radius 2 is 1.95 bits per heavy atom. The smallest absolute Gasteiger partial charge is 0.258 e. The van der Waals surface area contributed by atoms with E-state index in [2.05, 4.69) is 5.32 Å². The van der Waals surface area contributed by atoms with Gasteiger partial charge in [-0.3, -0.25) is 9.59 Å². The van der Waals surface area contributed by atoms with Crippen LogP contribution in [0.5, 0.6) is 5.75 Å². The number of carbonyl (C=O) groups excluding carboxylic acids is 2. The summed E-state index contributed by atoms with van der Waals surface area (Å²) in [5, 5.41) is 2.70. The highest BCUT2D eigenvalue weighted by atomic mass is 19.1. The van der Waals surface area contributed by atoms with Crippen molar-refractivity contribution in [3.63, 3.8) is 0 Å². The quantitative estimate of drug-likeness (QED) is 0.835. The number of amides is 1. The molecule has 0 saturated heterocycles. The van der Waals surface area contributed by atoms with E-state index in [9.17, 15) is 14.0 Å². The van der Waals surface area contributed by atoms with Crippen LogP contribution in [0.1, 0.15) is 21.5 Å². The average molecular weight is 301 g/mol. The number of aryl methyl sites for hydroxylation is 1. The van der Waals surface area contributed by atoms with Gasteiger partial charge >= 0.3 is 0 Å². The highest BCUT2D eigenvalue weighted by Gasteiger charge is 2.04. The number of ether oxygens (including phenoxy) is 1. The first-order valence-electron chi connectivity index (χ1n) is 6.78. The molecule has 0 aromatic heterocycles. The molecule has 0 saturated carbocycles. The molecular weight excluding hydrogens is 285 g/mol. The van der Waals surface area contributed by atoms with Gasteiger partial charge in [0.15, 0.2) is 6.61 Å². The van der Waals surface area contributed by atoms with E-state index in [0.29, 0.717) is 23.4 Å². The molecule has 2 rings (SSSR count). The van der Waals surface area contributed by atoms with Crippen molar-refractivity contribution in [2.24, 2.45) is 0 Å². The Balaban J connectivity index is 1.79. The molecule has 2 aromatic carbocycles. The molecule has 0 radical (unpaired) electrons. The number of carbonyl (C=O) groups is 2. The Bertz CT molecular complexity index is 668. The van der Waals surface area contributed by atoms with Crippen molar-refractivity contribution in [1.82, 2.24) is 5.32 Å². The molecule has 0 bridgehead atoms. The zero-order valence-electron chi connectivity index (χ0n) is 12.1. The van der Waals surface area contributed by atoms with E-state index in [0.717, 1.165) is 11.8 Å². The van der Waals surface area contributed by atoms with Crippen molar-refractivity contribution in [3.05, 3.63) is 65.0 Å². The summed E-state index contributed by atoms with van der Waals surface area (Å²) in [6.45, 7) is 1.86. The van der Waals surface area contributed by atoms with Crippen LogP contribution in [-0.4, -0.2) is 18.8 Å². The maximum atomic E-state index is 13.1. The minimum atomic E-state index is -0.276. The molecule has 0 spiro atoms. The number of rotatable bonds is 6. The van der Waals surface area contributed by atoms with E-state index in [1.165, 1.54) is 6.07 Å². The molecule has 1 amide bonds. The fourth-order valence-electron chi connectivity index (χ4n) is 1.86. The summed E-state index contributed by atoms with van der Waals surface area (Å²) in [5.41, 5.74) is 1.91. The molecule has 0 aliphatic heterocycles. The van der Waals surface area contributed by atoms with E-state index in [1.807, 2.05) is 0 Å². The third kappa shape index (κ3) is 4.41. The first-order valence-corrected chi connectivity index (χ1v) is 6.78. The molecule has 2 aromatic rings. The maximum absolute atomic E-state index is 13.1. The second-order valence-corrected chi connectivity index (χ2v) is 4.84. The Labute approximate surface area is 127 Å². The normalized spacial score (nSPS) is 10.1. The average Bonchev–Trinajstić information content (AvgIpc) is 2.54. The highest BCUT2D eigenvalue weighted by molar-refractivity contribution is 5.77. The predicted octanol–water partition coefficient (Wildman–Crippen LogP) is 2.64. The van der Waals surface area contributed by atoms with Crippen molar-refractivity contribution < 1.29 is 18.7 Å². The van der Waals surface area contributed by atoms with Gasteiger partial charge in [-0.1, -0.05) is 12.1 Å². The molecule has 0 heterocycles. The van der Waals surface area contributed by atoms with Crippen LogP contribution in [0.4, 0.5) is 4.39 Å². The second-order valence-electron chi connectivity index (χ2n) is 4.84.